The first-order chi connectivity index (χ1) is 28.3. The van der Waals surface area contributed by atoms with Gasteiger partial charge >= 0.3 is 0 Å². The molecular formula is C53H32N4. The zero-order valence-corrected chi connectivity index (χ0v) is 30.8. The van der Waals surface area contributed by atoms with Crippen LogP contribution in [0.2, 0.25) is 0 Å². The van der Waals surface area contributed by atoms with E-state index in [1.165, 1.54) is 43.1 Å². The van der Waals surface area contributed by atoms with Gasteiger partial charge in [0, 0.05) is 44.1 Å². The summed E-state index contributed by atoms with van der Waals surface area (Å²) < 4.78 is 2.40. The maximum absolute atomic E-state index is 5.54. The van der Waals surface area contributed by atoms with Crippen molar-refractivity contribution < 1.29 is 0 Å². The lowest BCUT2D eigenvalue weighted by Crippen LogP contribution is -1.99. The number of fused-ring (bicyclic) bond motifs is 5. The molecule has 4 nitrogen and oxygen atoms in total. The van der Waals surface area contributed by atoms with Crippen molar-refractivity contribution in [2.24, 2.45) is 0 Å². The molecule has 0 saturated carbocycles. The highest BCUT2D eigenvalue weighted by molar-refractivity contribution is 6.28. The van der Waals surface area contributed by atoms with Gasteiger partial charge in [-0.2, -0.15) is 0 Å². The van der Waals surface area contributed by atoms with E-state index >= 15 is 0 Å². The largest absolute Gasteiger partial charge is 0.307 e. The van der Waals surface area contributed by atoms with Crippen molar-refractivity contribution in [1.29, 1.82) is 0 Å². The zero-order valence-electron chi connectivity index (χ0n) is 30.8. The Morgan fingerprint density at radius 1 is 0.368 bits per heavy atom. The number of hydrogen-bond donors (Lipinski definition) is 0. The topological polar surface area (TPSA) is 43.6 Å². The Balaban J connectivity index is 1.11. The number of para-hydroxylation sites is 2. The summed E-state index contributed by atoms with van der Waals surface area (Å²) in [5.74, 6) is 0.686. The van der Waals surface area contributed by atoms with Gasteiger partial charge in [-0.3, -0.25) is 0 Å². The number of nitrogens with zero attached hydrogens (tertiary/aromatic N) is 4. The summed E-state index contributed by atoms with van der Waals surface area (Å²) in [7, 11) is 0. The monoisotopic (exact) mass is 724 g/mol. The average Bonchev–Trinajstić information content (AvgIpc) is 3.64. The van der Waals surface area contributed by atoms with Crippen LogP contribution in [-0.2, 0) is 0 Å². The minimum atomic E-state index is 0.686. The highest BCUT2D eigenvalue weighted by atomic mass is 15.0. The molecule has 3 heterocycles. The second-order valence-corrected chi connectivity index (χ2v) is 14.8. The fraction of sp³-hybridized carbons (Fsp3) is 0. The van der Waals surface area contributed by atoms with Crippen LogP contribution in [0, 0.1) is 0 Å². The first-order valence-corrected chi connectivity index (χ1v) is 19.4. The molecule has 0 fully saturated rings. The Labute approximate surface area is 328 Å². The first kappa shape index (κ1) is 31.6. The summed E-state index contributed by atoms with van der Waals surface area (Å²) in [6.45, 7) is 0. The summed E-state index contributed by atoms with van der Waals surface area (Å²) in [5.41, 5.74) is 11.2. The summed E-state index contributed by atoms with van der Waals surface area (Å²) in [5, 5.41) is 11.1. The van der Waals surface area contributed by atoms with E-state index in [2.05, 4.69) is 187 Å². The first-order valence-electron chi connectivity index (χ1n) is 19.4. The van der Waals surface area contributed by atoms with Crippen LogP contribution in [0.15, 0.2) is 194 Å². The third-order valence-electron chi connectivity index (χ3n) is 11.5. The second kappa shape index (κ2) is 12.4. The molecule has 12 aromatic rings. The minimum Gasteiger partial charge on any atom is -0.307 e. The van der Waals surface area contributed by atoms with Gasteiger partial charge in [0.15, 0.2) is 5.82 Å². The lowest BCUT2D eigenvalue weighted by atomic mass is 9.90. The summed E-state index contributed by atoms with van der Waals surface area (Å²) in [6, 6.07) is 68.9. The lowest BCUT2D eigenvalue weighted by molar-refractivity contribution is 1.16. The molecule has 0 atom stereocenters. The molecule has 57 heavy (non-hydrogen) atoms. The molecule has 0 N–H and O–H groups in total. The number of aromatic nitrogens is 4. The molecule has 0 bridgehead atoms. The van der Waals surface area contributed by atoms with Gasteiger partial charge in [0.05, 0.1) is 33.6 Å². The van der Waals surface area contributed by atoms with Gasteiger partial charge in [0.25, 0.3) is 0 Å². The fourth-order valence-electron chi connectivity index (χ4n) is 8.94. The Morgan fingerprint density at radius 3 is 1.68 bits per heavy atom. The van der Waals surface area contributed by atoms with Gasteiger partial charge in [-0.15, -0.1) is 0 Å². The standard InChI is InChI=1S/C53H32N4/c1-3-12-33(13-4-1)45-32-46(34-14-5-2-6-15-34)56-53(55-45)38-24-28-39(29-25-38)57-47-21-10-8-19-43(47)50-42-18-7-9-20-44(42)54-51(52(50)57)41-31-27-37-23-22-35-16-11-17-36-26-30-40(41)49(37)48(35)36/h1-32H. The van der Waals surface area contributed by atoms with Crippen LogP contribution >= 0.6 is 0 Å². The molecule has 3 aromatic heterocycles. The Bertz CT molecular complexity index is 3420. The van der Waals surface area contributed by atoms with Crippen molar-refractivity contribution >= 4 is 65.0 Å². The van der Waals surface area contributed by atoms with E-state index in [-0.39, 0.29) is 0 Å². The number of rotatable bonds is 5. The molecule has 264 valence electrons. The molecule has 0 spiro atoms. The van der Waals surface area contributed by atoms with E-state index in [0.717, 1.165) is 67.0 Å². The number of benzene rings is 9. The highest BCUT2D eigenvalue weighted by Crippen LogP contribution is 2.45. The molecule has 0 unspecified atom stereocenters. The van der Waals surface area contributed by atoms with E-state index in [4.69, 9.17) is 15.0 Å². The van der Waals surface area contributed by atoms with Crippen LogP contribution < -0.4 is 0 Å². The molecule has 0 aliphatic rings. The molecule has 0 aliphatic heterocycles. The van der Waals surface area contributed by atoms with Gasteiger partial charge in [-0.25, -0.2) is 15.0 Å². The van der Waals surface area contributed by atoms with Crippen LogP contribution in [0.1, 0.15) is 0 Å². The second-order valence-electron chi connectivity index (χ2n) is 14.8. The van der Waals surface area contributed by atoms with Gasteiger partial charge in [0.2, 0.25) is 0 Å². The predicted octanol–water partition coefficient (Wildman–Crippen LogP) is 13.7. The molecule has 12 rings (SSSR count). The molecule has 0 radical (unpaired) electrons. The van der Waals surface area contributed by atoms with E-state index in [1.807, 2.05) is 12.1 Å². The maximum atomic E-state index is 5.54. The van der Waals surface area contributed by atoms with Crippen molar-refractivity contribution in [2.45, 2.75) is 0 Å². The lowest BCUT2D eigenvalue weighted by Gasteiger charge is -2.17. The molecule has 0 amide bonds. The molecular weight excluding hydrogens is 693 g/mol. The molecule has 4 heteroatoms. The molecule has 0 aliphatic carbocycles. The van der Waals surface area contributed by atoms with Crippen molar-refractivity contribution in [2.75, 3.05) is 0 Å². The van der Waals surface area contributed by atoms with E-state index in [1.54, 1.807) is 0 Å². The van der Waals surface area contributed by atoms with Crippen molar-refractivity contribution in [3.63, 3.8) is 0 Å². The van der Waals surface area contributed by atoms with Crippen molar-refractivity contribution in [3.8, 4) is 50.8 Å². The zero-order chi connectivity index (χ0) is 37.5. The van der Waals surface area contributed by atoms with Crippen molar-refractivity contribution in [3.05, 3.63) is 194 Å². The van der Waals surface area contributed by atoms with Crippen LogP contribution in [-0.4, -0.2) is 19.5 Å². The Hall–Kier alpha value is -7.69. The van der Waals surface area contributed by atoms with Crippen LogP contribution in [0.4, 0.5) is 0 Å². The predicted molar refractivity (Wildman–Crippen MR) is 237 cm³/mol. The smallest absolute Gasteiger partial charge is 0.160 e. The summed E-state index contributed by atoms with van der Waals surface area (Å²) in [6.07, 6.45) is 0. The van der Waals surface area contributed by atoms with E-state index in [0.29, 0.717) is 5.82 Å². The summed E-state index contributed by atoms with van der Waals surface area (Å²) >= 11 is 0. The van der Waals surface area contributed by atoms with Crippen LogP contribution in [0.3, 0.4) is 0 Å². The molecule has 0 saturated heterocycles. The fourth-order valence-corrected chi connectivity index (χ4v) is 8.94. The SMILES string of the molecule is c1ccc(-c2cc(-c3ccccc3)nc(-c3ccc(-n4c5ccccc5c5c6ccccc6nc(-c6ccc7ccc8cccc9ccc6c7c89)c54)cc3)n2)cc1. The normalized spacial score (nSPS) is 11.9. The number of hydrogen-bond acceptors (Lipinski definition) is 3. The van der Waals surface area contributed by atoms with Crippen molar-refractivity contribution in [1.82, 2.24) is 19.5 Å². The summed E-state index contributed by atoms with van der Waals surface area (Å²) in [4.78, 5) is 15.8. The third kappa shape index (κ3) is 4.91. The maximum Gasteiger partial charge on any atom is 0.160 e. The number of pyridine rings is 1. The average molecular weight is 725 g/mol. The molecule has 9 aromatic carbocycles. The Morgan fingerprint density at radius 2 is 0.965 bits per heavy atom. The Kier molecular flexibility index (Phi) is 6.89. The minimum absolute atomic E-state index is 0.686. The van der Waals surface area contributed by atoms with Gasteiger partial charge in [-0.05, 0) is 74.8 Å². The van der Waals surface area contributed by atoms with Gasteiger partial charge in [-0.1, -0.05) is 152 Å². The highest BCUT2D eigenvalue weighted by Gasteiger charge is 2.23. The van der Waals surface area contributed by atoms with Gasteiger partial charge < -0.3 is 4.57 Å². The van der Waals surface area contributed by atoms with Gasteiger partial charge in [0.1, 0.15) is 0 Å². The third-order valence-corrected chi connectivity index (χ3v) is 11.5. The van der Waals surface area contributed by atoms with E-state index in [9.17, 15) is 0 Å². The van der Waals surface area contributed by atoms with Crippen LogP contribution in [0.25, 0.3) is 116 Å². The van der Waals surface area contributed by atoms with E-state index < -0.39 is 0 Å². The van der Waals surface area contributed by atoms with Crippen LogP contribution in [0.5, 0.6) is 0 Å². The quantitative estimate of drug-likeness (QED) is 0.166.